The van der Waals surface area contributed by atoms with E-state index in [4.69, 9.17) is 0 Å². The molecule has 0 unspecified atom stereocenters. The van der Waals surface area contributed by atoms with Crippen molar-refractivity contribution in [1.82, 2.24) is 4.57 Å². The number of carbonyl (C=O) groups is 2. The van der Waals surface area contributed by atoms with Gasteiger partial charge in [-0.05, 0) is 26.3 Å². The molecule has 1 aromatic heterocycles. The van der Waals surface area contributed by atoms with Gasteiger partial charge in [0.1, 0.15) is 0 Å². The Balaban J connectivity index is 3.46. The average molecular weight is 207 g/mol. The first kappa shape index (κ1) is 11.7. The van der Waals surface area contributed by atoms with E-state index in [9.17, 15) is 9.59 Å². The van der Waals surface area contributed by atoms with Gasteiger partial charge in [0.05, 0.1) is 5.69 Å². The predicted molar refractivity (Wildman–Crippen MR) is 59.6 cm³/mol. The van der Waals surface area contributed by atoms with E-state index in [1.165, 1.54) is 6.92 Å². The van der Waals surface area contributed by atoms with Crippen LogP contribution in [0.3, 0.4) is 0 Å². The lowest BCUT2D eigenvalue weighted by Crippen LogP contribution is -2.12. The molecule has 15 heavy (non-hydrogen) atoms. The molecule has 1 aromatic rings. The van der Waals surface area contributed by atoms with Gasteiger partial charge in [0.2, 0.25) is 0 Å². The van der Waals surface area contributed by atoms with Gasteiger partial charge in [-0.15, -0.1) is 0 Å². The topological polar surface area (TPSA) is 39.1 Å². The number of hydrogen-bond donors (Lipinski definition) is 0. The van der Waals surface area contributed by atoms with Crippen molar-refractivity contribution in [2.45, 2.75) is 40.2 Å². The van der Waals surface area contributed by atoms with Crippen molar-refractivity contribution in [1.29, 1.82) is 0 Å². The highest BCUT2D eigenvalue weighted by Gasteiger charge is 2.17. The molecular weight excluding hydrogens is 190 g/mol. The minimum absolute atomic E-state index is 0.00602. The second kappa shape index (κ2) is 4.43. The molecule has 0 atom stereocenters. The molecule has 1 rings (SSSR count). The molecule has 0 aliphatic carbocycles. The summed E-state index contributed by atoms with van der Waals surface area (Å²) in [4.78, 5) is 22.3. The molecule has 0 saturated carbocycles. The first-order valence-corrected chi connectivity index (χ1v) is 5.23. The van der Waals surface area contributed by atoms with Gasteiger partial charge in [0, 0.05) is 24.2 Å². The van der Waals surface area contributed by atoms with Crippen LogP contribution in [0.2, 0.25) is 0 Å². The summed E-state index contributed by atoms with van der Waals surface area (Å²) in [5.74, 6) is 0.00602. The highest BCUT2D eigenvalue weighted by atomic mass is 16.1. The number of hydrogen-bond acceptors (Lipinski definition) is 2. The van der Waals surface area contributed by atoms with Gasteiger partial charge < -0.3 is 4.57 Å². The zero-order valence-corrected chi connectivity index (χ0v) is 9.70. The minimum atomic E-state index is 0.00602. The number of rotatable bonds is 4. The van der Waals surface area contributed by atoms with Gasteiger partial charge >= 0.3 is 0 Å². The quantitative estimate of drug-likeness (QED) is 0.562. The average Bonchev–Trinajstić information content (AvgIpc) is 2.55. The van der Waals surface area contributed by atoms with Crippen molar-refractivity contribution in [3.05, 3.63) is 23.0 Å². The summed E-state index contributed by atoms with van der Waals surface area (Å²) in [6.07, 6.45) is 1.59. The minimum Gasteiger partial charge on any atom is -0.339 e. The third-order valence-electron chi connectivity index (χ3n) is 2.51. The third-order valence-corrected chi connectivity index (χ3v) is 2.51. The second-order valence-corrected chi connectivity index (χ2v) is 3.92. The fraction of sp³-hybridized carbons (Fsp3) is 0.500. The van der Waals surface area contributed by atoms with Gasteiger partial charge in [-0.25, -0.2) is 0 Å². The van der Waals surface area contributed by atoms with Crippen LogP contribution in [0.25, 0.3) is 0 Å². The molecule has 1 heterocycles. The number of aromatic nitrogens is 1. The van der Waals surface area contributed by atoms with E-state index in [-0.39, 0.29) is 11.8 Å². The van der Waals surface area contributed by atoms with Crippen LogP contribution < -0.4 is 0 Å². The monoisotopic (exact) mass is 207 g/mol. The normalized spacial score (nSPS) is 10.7. The van der Waals surface area contributed by atoms with E-state index in [1.54, 1.807) is 6.07 Å². The first-order valence-electron chi connectivity index (χ1n) is 5.23. The van der Waals surface area contributed by atoms with Crippen LogP contribution in [0, 0.1) is 0 Å². The molecule has 3 heteroatoms. The number of nitrogens with zero attached hydrogens (tertiary/aromatic N) is 1. The summed E-state index contributed by atoms with van der Waals surface area (Å²) in [5.41, 5.74) is 2.21. The molecule has 0 amide bonds. The maximum absolute atomic E-state index is 11.4. The van der Waals surface area contributed by atoms with Crippen molar-refractivity contribution in [3.63, 3.8) is 0 Å². The van der Waals surface area contributed by atoms with E-state index in [0.29, 0.717) is 11.3 Å². The zero-order valence-electron chi connectivity index (χ0n) is 9.70. The Labute approximate surface area is 90.1 Å². The van der Waals surface area contributed by atoms with Gasteiger partial charge in [-0.2, -0.15) is 0 Å². The summed E-state index contributed by atoms with van der Waals surface area (Å²) >= 11 is 0. The number of aldehydes is 1. The lowest BCUT2D eigenvalue weighted by molar-refractivity contribution is 0.100. The van der Waals surface area contributed by atoms with Crippen LogP contribution in [-0.4, -0.2) is 16.6 Å². The van der Waals surface area contributed by atoms with Gasteiger partial charge in [-0.3, -0.25) is 9.59 Å². The van der Waals surface area contributed by atoms with Crippen molar-refractivity contribution < 1.29 is 9.59 Å². The Morgan fingerprint density at radius 3 is 2.47 bits per heavy atom. The summed E-state index contributed by atoms with van der Waals surface area (Å²) in [6, 6.07) is 1.89. The summed E-state index contributed by atoms with van der Waals surface area (Å²) in [6.45, 7) is 7.55. The maximum Gasteiger partial charge on any atom is 0.176 e. The predicted octanol–water partition coefficient (Wildman–Crippen LogP) is 2.65. The summed E-state index contributed by atoms with van der Waals surface area (Å²) in [7, 11) is 0. The van der Waals surface area contributed by atoms with E-state index < -0.39 is 0 Å². The Morgan fingerprint density at radius 1 is 1.53 bits per heavy atom. The van der Waals surface area contributed by atoms with Crippen LogP contribution in [0.15, 0.2) is 6.07 Å². The second-order valence-electron chi connectivity index (χ2n) is 3.92. The van der Waals surface area contributed by atoms with Gasteiger partial charge in [0.15, 0.2) is 12.1 Å². The van der Waals surface area contributed by atoms with E-state index in [0.717, 1.165) is 18.4 Å². The molecule has 0 spiro atoms. The molecule has 0 aliphatic rings. The van der Waals surface area contributed by atoms with Gasteiger partial charge in [0.25, 0.3) is 0 Å². The van der Waals surface area contributed by atoms with Crippen molar-refractivity contribution >= 4 is 12.1 Å². The number of carbonyl (C=O) groups excluding carboxylic acids is 2. The number of Topliss-reactive ketones (excluding diaryl/α,β-unsaturated/α-hetero) is 1. The maximum atomic E-state index is 11.4. The largest absolute Gasteiger partial charge is 0.339 e. The molecule has 0 aliphatic heterocycles. The molecule has 0 radical (unpaired) electrons. The Morgan fingerprint density at radius 2 is 2.13 bits per heavy atom. The van der Waals surface area contributed by atoms with E-state index in [1.807, 2.05) is 25.3 Å². The van der Waals surface area contributed by atoms with E-state index in [2.05, 4.69) is 0 Å². The Kier molecular flexibility index (Phi) is 3.45. The molecule has 0 bridgehead atoms. The summed E-state index contributed by atoms with van der Waals surface area (Å²) < 4.78 is 1.95. The highest BCUT2D eigenvalue weighted by molar-refractivity contribution is 5.95. The standard InChI is InChI=1S/C12H17NO2/c1-5-11-10(7-14)6-12(9(4)15)13(11)8(2)3/h6-8H,5H2,1-4H3. The molecule has 82 valence electrons. The van der Waals surface area contributed by atoms with Crippen LogP contribution in [-0.2, 0) is 6.42 Å². The SMILES string of the molecule is CCc1c(C=O)cc(C(C)=O)n1C(C)C. The lowest BCUT2D eigenvalue weighted by atomic mass is 10.2. The fourth-order valence-corrected chi connectivity index (χ4v) is 1.92. The van der Waals surface area contributed by atoms with Crippen LogP contribution in [0.5, 0.6) is 0 Å². The third kappa shape index (κ3) is 2.01. The van der Waals surface area contributed by atoms with E-state index >= 15 is 0 Å². The van der Waals surface area contributed by atoms with Crippen LogP contribution in [0.4, 0.5) is 0 Å². The molecule has 0 saturated heterocycles. The molecule has 0 N–H and O–H groups in total. The Bertz CT molecular complexity index is 389. The Hall–Kier alpha value is -1.38. The lowest BCUT2D eigenvalue weighted by Gasteiger charge is -2.15. The smallest absolute Gasteiger partial charge is 0.176 e. The molecular formula is C12H17NO2. The van der Waals surface area contributed by atoms with Crippen molar-refractivity contribution in [3.8, 4) is 0 Å². The van der Waals surface area contributed by atoms with Crippen molar-refractivity contribution in [2.24, 2.45) is 0 Å². The van der Waals surface area contributed by atoms with Crippen molar-refractivity contribution in [2.75, 3.05) is 0 Å². The fourth-order valence-electron chi connectivity index (χ4n) is 1.92. The number of ketones is 1. The van der Waals surface area contributed by atoms with Crippen LogP contribution >= 0.6 is 0 Å². The first-order chi connectivity index (χ1) is 7.02. The summed E-state index contributed by atoms with van der Waals surface area (Å²) in [5, 5.41) is 0. The zero-order chi connectivity index (χ0) is 11.6. The van der Waals surface area contributed by atoms with Crippen LogP contribution in [0.1, 0.15) is 60.3 Å². The molecule has 3 nitrogen and oxygen atoms in total. The van der Waals surface area contributed by atoms with Gasteiger partial charge in [-0.1, -0.05) is 6.92 Å². The molecule has 0 fully saturated rings. The highest BCUT2D eigenvalue weighted by Crippen LogP contribution is 2.21. The molecule has 0 aromatic carbocycles.